The molecule has 0 aliphatic carbocycles. The number of esters is 2. The van der Waals surface area contributed by atoms with E-state index in [9.17, 15) is 9.59 Å². The van der Waals surface area contributed by atoms with E-state index < -0.39 is 23.5 Å². The molecule has 2 bridgehead atoms. The van der Waals surface area contributed by atoms with E-state index in [-0.39, 0.29) is 6.10 Å². The number of piperidine rings is 1. The van der Waals surface area contributed by atoms with Gasteiger partial charge in [0.2, 0.25) is 0 Å². The van der Waals surface area contributed by atoms with Gasteiger partial charge in [0.05, 0.1) is 25.2 Å². The second-order valence-corrected chi connectivity index (χ2v) is 10.1. The van der Waals surface area contributed by atoms with Gasteiger partial charge in [-0.2, -0.15) is 0 Å². The summed E-state index contributed by atoms with van der Waals surface area (Å²) in [7, 11) is 0. The van der Waals surface area contributed by atoms with Gasteiger partial charge in [-0.05, 0) is 6.92 Å². The van der Waals surface area contributed by atoms with E-state index >= 15 is 0 Å². The van der Waals surface area contributed by atoms with Crippen molar-refractivity contribution in [3.8, 4) is 0 Å². The average molecular weight is 494 g/mol. The molecule has 3 aliphatic heterocycles. The number of carbonyl (C=O) groups is 3. The molecule has 192 valence electrons. The van der Waals surface area contributed by atoms with Crippen LogP contribution in [0.2, 0.25) is 0 Å². The van der Waals surface area contributed by atoms with Crippen molar-refractivity contribution in [3.63, 3.8) is 0 Å². The van der Waals surface area contributed by atoms with Crippen LogP contribution in [0.4, 0.5) is 0 Å². The first-order valence-corrected chi connectivity index (χ1v) is 12.8. The van der Waals surface area contributed by atoms with Crippen LogP contribution in [0.5, 0.6) is 0 Å². The van der Waals surface area contributed by atoms with Gasteiger partial charge in [0.15, 0.2) is 0 Å². The molecule has 3 saturated heterocycles. The van der Waals surface area contributed by atoms with Crippen LogP contribution in [0.25, 0.3) is 0 Å². The van der Waals surface area contributed by atoms with Crippen molar-refractivity contribution in [3.05, 3.63) is 71.8 Å². The fourth-order valence-electron chi connectivity index (χ4n) is 6.66. The summed E-state index contributed by atoms with van der Waals surface area (Å²) in [5.74, 6) is -2.09. The lowest BCUT2D eigenvalue weighted by atomic mass is 9.85. The largest absolute Gasteiger partial charge is 0.550 e. The highest BCUT2D eigenvalue weighted by molar-refractivity contribution is 5.88. The maximum atomic E-state index is 13.9. The number of carboxylic acid groups (broad SMARTS) is 1. The highest BCUT2D eigenvalue weighted by Gasteiger charge is 2.57. The van der Waals surface area contributed by atoms with Gasteiger partial charge in [0, 0.05) is 62.5 Å². The van der Waals surface area contributed by atoms with E-state index in [1.807, 2.05) is 60.7 Å². The minimum absolute atomic E-state index is 0.133. The molecule has 0 saturated carbocycles. The number of hydrogen-bond acceptors (Lipinski definition) is 6. The van der Waals surface area contributed by atoms with Crippen LogP contribution in [0.15, 0.2) is 60.7 Å². The normalized spacial score (nSPS) is 23.9. The first-order valence-electron chi connectivity index (χ1n) is 12.8. The van der Waals surface area contributed by atoms with Crippen LogP contribution in [-0.2, 0) is 29.5 Å². The van der Waals surface area contributed by atoms with Gasteiger partial charge in [-0.15, -0.1) is 0 Å². The van der Waals surface area contributed by atoms with Crippen LogP contribution in [0, 0.1) is 0 Å². The molecule has 5 rings (SSSR count). The minimum Gasteiger partial charge on any atom is -0.550 e. The van der Waals surface area contributed by atoms with Crippen molar-refractivity contribution in [2.75, 3.05) is 13.1 Å². The number of quaternary nitrogens is 1. The molecule has 0 N–H and O–H groups in total. The predicted octanol–water partition coefficient (Wildman–Crippen LogP) is 3.10. The molecule has 7 nitrogen and oxygen atoms in total. The molecule has 7 heteroatoms. The highest BCUT2D eigenvalue weighted by atomic mass is 16.6. The number of carboxylic acids is 1. The molecule has 2 unspecified atom stereocenters. The molecule has 1 spiro atoms. The van der Waals surface area contributed by atoms with Gasteiger partial charge >= 0.3 is 11.9 Å². The topological polar surface area (TPSA) is 92.7 Å². The van der Waals surface area contributed by atoms with Crippen molar-refractivity contribution in [1.82, 2.24) is 0 Å². The summed E-state index contributed by atoms with van der Waals surface area (Å²) in [6.45, 7) is 4.87. The third-order valence-electron chi connectivity index (χ3n) is 7.97. The number of carbonyl (C=O) groups excluding carboxylic acids is 3. The van der Waals surface area contributed by atoms with E-state index in [0.717, 1.165) is 19.8 Å². The van der Waals surface area contributed by atoms with Gasteiger partial charge in [-0.1, -0.05) is 60.7 Å². The summed E-state index contributed by atoms with van der Waals surface area (Å²) in [5.41, 5.74) is -0.397. The molecular weight excluding hydrogens is 458 g/mol. The van der Waals surface area contributed by atoms with E-state index in [1.165, 1.54) is 50.2 Å². The Bertz CT molecular complexity index is 1000. The zero-order valence-electron chi connectivity index (χ0n) is 21.1. The monoisotopic (exact) mass is 493 g/mol. The number of rotatable bonds is 5. The second-order valence-electron chi connectivity index (χ2n) is 10.1. The highest BCUT2D eigenvalue weighted by Crippen LogP contribution is 2.47. The summed E-state index contributed by atoms with van der Waals surface area (Å²) in [6, 6.07) is 19.7. The average Bonchev–Trinajstić information content (AvgIpc) is 3.39. The Kier molecular flexibility index (Phi) is 7.79. The Labute approximate surface area is 212 Å². The molecule has 0 amide bonds. The summed E-state index contributed by atoms with van der Waals surface area (Å²) < 4.78 is 13.3. The predicted molar refractivity (Wildman–Crippen MR) is 131 cm³/mol. The maximum absolute atomic E-state index is 13.9. The molecule has 36 heavy (non-hydrogen) atoms. The van der Waals surface area contributed by atoms with E-state index in [0.29, 0.717) is 23.2 Å². The van der Waals surface area contributed by atoms with E-state index in [1.54, 1.807) is 0 Å². The number of aliphatic carboxylic acids is 1. The fraction of sp³-hybridized carbons (Fsp3) is 0.483. The summed E-state index contributed by atoms with van der Waals surface area (Å²) in [4.78, 5) is 35.1. The Morgan fingerprint density at radius 2 is 1.28 bits per heavy atom. The van der Waals surface area contributed by atoms with E-state index in [4.69, 9.17) is 19.4 Å². The SMILES string of the molecule is CC(=O)OC(C(=O)OC1CC2CCC(C1)[N+]21CCCC1)(c1ccccc1)c1ccccc1.CC(=O)[O-]. The lowest BCUT2D eigenvalue weighted by Crippen LogP contribution is -2.60. The molecule has 0 aromatic heterocycles. The van der Waals surface area contributed by atoms with Crippen molar-refractivity contribution >= 4 is 17.9 Å². The number of ether oxygens (including phenoxy) is 2. The maximum Gasteiger partial charge on any atom is 0.360 e. The Morgan fingerprint density at radius 1 is 0.833 bits per heavy atom. The van der Waals surface area contributed by atoms with Crippen LogP contribution in [0.1, 0.15) is 63.5 Å². The molecule has 3 heterocycles. The van der Waals surface area contributed by atoms with Crippen molar-refractivity contribution in [2.45, 2.75) is 76.2 Å². The third kappa shape index (κ3) is 5.03. The Morgan fingerprint density at radius 3 is 1.69 bits per heavy atom. The Balaban J connectivity index is 0.000000709. The number of hydrogen-bond donors (Lipinski definition) is 0. The molecule has 3 aliphatic rings. The van der Waals surface area contributed by atoms with Crippen molar-refractivity contribution in [1.29, 1.82) is 0 Å². The molecule has 0 radical (unpaired) electrons. The standard InChI is InChI=1S/C27H32NO4.C2H4O2/c1-20(29)32-27(21-10-4-2-5-11-21,22-12-6-3-7-13-22)26(30)31-25-18-23-14-15-24(19-25)28(23)16-8-9-17-28;1-2(3)4/h2-7,10-13,23-25H,8-9,14-19H2,1H3;1H3,(H,3,4)/q+1;/p-1. The Hall–Kier alpha value is -3.19. The van der Waals surface area contributed by atoms with Crippen LogP contribution in [0.3, 0.4) is 0 Å². The molecule has 2 aromatic carbocycles. The zero-order chi connectivity index (χ0) is 25.8. The first kappa shape index (κ1) is 25.9. The lowest BCUT2D eigenvalue weighted by molar-refractivity contribution is -0.956. The van der Waals surface area contributed by atoms with Gasteiger partial charge in [-0.3, -0.25) is 4.79 Å². The van der Waals surface area contributed by atoms with Crippen molar-refractivity contribution in [2.24, 2.45) is 0 Å². The van der Waals surface area contributed by atoms with Gasteiger partial charge in [0.25, 0.3) is 5.60 Å². The van der Waals surface area contributed by atoms with Gasteiger partial charge < -0.3 is 23.9 Å². The van der Waals surface area contributed by atoms with Crippen molar-refractivity contribution < 1.29 is 33.4 Å². The smallest absolute Gasteiger partial charge is 0.360 e. The second kappa shape index (κ2) is 10.8. The van der Waals surface area contributed by atoms with Gasteiger partial charge in [0.1, 0.15) is 6.10 Å². The minimum atomic E-state index is -1.61. The van der Waals surface area contributed by atoms with Crippen LogP contribution < -0.4 is 5.11 Å². The van der Waals surface area contributed by atoms with Crippen LogP contribution in [-0.4, -0.2) is 53.7 Å². The summed E-state index contributed by atoms with van der Waals surface area (Å²) in [6.07, 6.45) is 6.76. The van der Waals surface area contributed by atoms with Crippen LogP contribution >= 0.6 is 0 Å². The quantitative estimate of drug-likeness (QED) is 0.470. The van der Waals surface area contributed by atoms with E-state index in [2.05, 4.69) is 0 Å². The van der Waals surface area contributed by atoms with Gasteiger partial charge in [-0.25, -0.2) is 4.79 Å². The molecule has 2 aromatic rings. The summed E-state index contributed by atoms with van der Waals surface area (Å²) >= 11 is 0. The number of benzene rings is 2. The summed E-state index contributed by atoms with van der Waals surface area (Å²) in [5, 5.41) is 8.89. The molecular formula is C29H35NO6. The first-order chi connectivity index (χ1) is 17.3. The lowest BCUT2D eigenvalue weighted by Gasteiger charge is -2.47. The zero-order valence-corrected chi connectivity index (χ0v) is 21.1. The molecule has 3 fully saturated rings. The number of nitrogens with zero attached hydrogens (tertiary/aromatic N) is 1. The fourth-order valence-corrected chi connectivity index (χ4v) is 6.66. The molecule has 2 atom stereocenters. The third-order valence-corrected chi connectivity index (χ3v) is 7.97.